The first-order valence-electron chi connectivity index (χ1n) is 3.71. The SMILES string of the molecule is O=P1([O-])OC[C@H](O)[C@H](CO)OP(=O)([O-])O1. The number of hydrogen-bond acceptors (Lipinski definition) is 9. The molecular formula is C4H8O9P2-2. The van der Waals surface area contributed by atoms with Gasteiger partial charge >= 0.3 is 0 Å². The van der Waals surface area contributed by atoms with Gasteiger partial charge in [0.1, 0.15) is 12.2 Å². The molecule has 90 valence electrons. The third kappa shape index (κ3) is 3.92. The van der Waals surface area contributed by atoms with Crippen LogP contribution in [0.5, 0.6) is 0 Å². The van der Waals surface area contributed by atoms with Crippen LogP contribution in [0.2, 0.25) is 0 Å². The summed E-state index contributed by atoms with van der Waals surface area (Å²) in [4.78, 5) is 21.6. The van der Waals surface area contributed by atoms with Crippen LogP contribution in [-0.2, 0) is 22.5 Å². The van der Waals surface area contributed by atoms with E-state index in [0.29, 0.717) is 0 Å². The largest absolute Gasteiger partial charge is 0.756 e. The molecule has 0 aromatic heterocycles. The van der Waals surface area contributed by atoms with Crippen LogP contribution in [0, 0.1) is 0 Å². The second kappa shape index (κ2) is 4.58. The first-order chi connectivity index (χ1) is 6.76. The summed E-state index contributed by atoms with van der Waals surface area (Å²) in [6.07, 6.45) is -3.11. The van der Waals surface area contributed by atoms with E-state index in [4.69, 9.17) is 10.2 Å². The van der Waals surface area contributed by atoms with Crippen molar-refractivity contribution in [2.75, 3.05) is 13.2 Å². The van der Waals surface area contributed by atoms with E-state index in [9.17, 15) is 18.9 Å². The van der Waals surface area contributed by atoms with Crippen molar-refractivity contribution in [2.45, 2.75) is 12.2 Å². The van der Waals surface area contributed by atoms with Crippen molar-refractivity contribution in [3.05, 3.63) is 0 Å². The zero-order valence-corrected chi connectivity index (χ0v) is 9.00. The van der Waals surface area contributed by atoms with Gasteiger partial charge < -0.3 is 29.0 Å². The fourth-order valence-electron chi connectivity index (χ4n) is 0.831. The Bertz CT molecular complexity index is 315. The predicted octanol–water partition coefficient (Wildman–Crippen LogP) is -2.29. The van der Waals surface area contributed by atoms with E-state index in [-0.39, 0.29) is 0 Å². The standard InChI is InChI=1S/C4H10O9P2/c5-1-4-3(6)2-11-14(7,8)13-15(9,10)12-4/h3-6H,1-2H2,(H,7,8)(H,9,10)/p-2/t3-,4-/m0/s1. The van der Waals surface area contributed by atoms with Gasteiger partial charge in [0.2, 0.25) is 0 Å². The summed E-state index contributed by atoms with van der Waals surface area (Å²) in [5, 5.41) is 17.8. The number of aliphatic hydroxyl groups is 2. The lowest BCUT2D eigenvalue weighted by Crippen LogP contribution is -2.38. The van der Waals surface area contributed by atoms with E-state index >= 15 is 0 Å². The normalized spacial score (nSPS) is 48.3. The van der Waals surface area contributed by atoms with Crippen LogP contribution in [0.25, 0.3) is 0 Å². The molecule has 1 aliphatic heterocycles. The highest BCUT2D eigenvalue weighted by Crippen LogP contribution is 2.57. The molecule has 0 amide bonds. The molecular weight excluding hydrogens is 254 g/mol. The second-order valence-electron chi connectivity index (χ2n) is 2.67. The van der Waals surface area contributed by atoms with E-state index in [1.54, 1.807) is 0 Å². The van der Waals surface area contributed by atoms with Gasteiger partial charge in [-0.25, -0.2) is 4.31 Å². The highest BCUT2D eigenvalue weighted by Gasteiger charge is 2.32. The first kappa shape index (κ1) is 13.2. The van der Waals surface area contributed by atoms with Crippen LogP contribution in [0.3, 0.4) is 0 Å². The Morgan fingerprint density at radius 1 is 1.33 bits per heavy atom. The van der Waals surface area contributed by atoms with Gasteiger partial charge in [0.05, 0.1) is 13.2 Å². The Hall–Kier alpha value is 0.180. The Kier molecular flexibility index (Phi) is 4.05. The lowest BCUT2D eigenvalue weighted by atomic mass is 10.2. The van der Waals surface area contributed by atoms with E-state index in [1.807, 2.05) is 0 Å². The van der Waals surface area contributed by atoms with Gasteiger partial charge in [0, 0.05) is 0 Å². The average Bonchev–Trinajstić information content (AvgIpc) is 2.07. The average molecular weight is 262 g/mol. The molecule has 9 nitrogen and oxygen atoms in total. The number of phosphoric acid groups is 2. The molecule has 1 aliphatic rings. The lowest BCUT2D eigenvalue weighted by Gasteiger charge is -2.37. The maximum absolute atomic E-state index is 10.9. The highest BCUT2D eigenvalue weighted by atomic mass is 31.3. The van der Waals surface area contributed by atoms with E-state index < -0.39 is 41.1 Å². The number of hydrogen-bond donors (Lipinski definition) is 2. The monoisotopic (exact) mass is 262 g/mol. The Morgan fingerprint density at radius 3 is 2.47 bits per heavy atom. The van der Waals surface area contributed by atoms with Crippen LogP contribution in [0.1, 0.15) is 0 Å². The Morgan fingerprint density at radius 2 is 1.93 bits per heavy atom. The van der Waals surface area contributed by atoms with Gasteiger partial charge in [-0.1, -0.05) is 0 Å². The quantitative estimate of drug-likeness (QED) is 0.497. The highest BCUT2D eigenvalue weighted by molar-refractivity contribution is 7.59. The fourth-order valence-corrected chi connectivity index (χ4v) is 3.03. The van der Waals surface area contributed by atoms with E-state index in [0.717, 1.165) is 0 Å². The molecule has 15 heavy (non-hydrogen) atoms. The third-order valence-corrected chi connectivity index (χ3v) is 4.07. The molecule has 2 N–H and O–H groups in total. The molecule has 0 radical (unpaired) electrons. The molecule has 0 spiro atoms. The maximum atomic E-state index is 10.9. The topological polar surface area (TPSA) is 148 Å². The molecule has 1 heterocycles. The smallest absolute Gasteiger partial charge is 0.274 e. The van der Waals surface area contributed by atoms with Gasteiger partial charge in [-0.05, 0) is 0 Å². The summed E-state index contributed by atoms with van der Waals surface area (Å²) in [5.74, 6) is 0. The lowest BCUT2D eigenvalue weighted by molar-refractivity contribution is -0.256. The molecule has 0 aromatic carbocycles. The van der Waals surface area contributed by atoms with Crippen molar-refractivity contribution in [3.8, 4) is 0 Å². The van der Waals surface area contributed by atoms with Crippen LogP contribution >= 0.6 is 15.6 Å². The number of aliphatic hydroxyl groups excluding tert-OH is 2. The molecule has 0 aliphatic carbocycles. The van der Waals surface area contributed by atoms with Gasteiger partial charge in [-0.3, -0.25) is 9.13 Å². The van der Waals surface area contributed by atoms with Crippen molar-refractivity contribution in [1.82, 2.24) is 0 Å². The van der Waals surface area contributed by atoms with Crippen molar-refractivity contribution in [3.63, 3.8) is 0 Å². The molecule has 1 rings (SSSR count). The summed E-state index contributed by atoms with van der Waals surface area (Å²) in [6, 6.07) is 0. The van der Waals surface area contributed by atoms with Crippen LogP contribution < -0.4 is 9.79 Å². The summed E-state index contributed by atoms with van der Waals surface area (Å²) >= 11 is 0. The fraction of sp³-hybridized carbons (Fsp3) is 1.00. The predicted molar refractivity (Wildman–Crippen MR) is 40.2 cm³/mol. The second-order valence-corrected chi connectivity index (χ2v) is 5.58. The molecule has 2 unspecified atom stereocenters. The minimum absolute atomic E-state index is 0.758. The zero-order chi connectivity index (χ0) is 11.7. The van der Waals surface area contributed by atoms with E-state index in [2.05, 4.69) is 13.4 Å². The molecule has 4 atom stereocenters. The zero-order valence-electron chi connectivity index (χ0n) is 7.22. The van der Waals surface area contributed by atoms with Crippen molar-refractivity contribution in [1.29, 1.82) is 0 Å². The van der Waals surface area contributed by atoms with Crippen molar-refractivity contribution in [2.24, 2.45) is 0 Å². The van der Waals surface area contributed by atoms with Crippen molar-refractivity contribution >= 4 is 15.6 Å². The molecule has 1 saturated heterocycles. The van der Waals surface area contributed by atoms with Crippen LogP contribution in [-0.4, -0.2) is 35.6 Å². The summed E-state index contributed by atoms with van der Waals surface area (Å²) in [5.41, 5.74) is 0. The number of rotatable bonds is 1. The minimum atomic E-state index is -5.16. The van der Waals surface area contributed by atoms with Gasteiger partial charge in [-0.15, -0.1) is 0 Å². The van der Waals surface area contributed by atoms with Gasteiger partial charge in [0.15, 0.2) is 0 Å². The Balaban J connectivity index is 2.87. The third-order valence-electron chi connectivity index (χ3n) is 1.48. The molecule has 0 aromatic rings. The van der Waals surface area contributed by atoms with Crippen LogP contribution in [0.15, 0.2) is 0 Å². The maximum Gasteiger partial charge on any atom is 0.274 e. The van der Waals surface area contributed by atoms with E-state index in [1.165, 1.54) is 0 Å². The summed E-state index contributed by atoms with van der Waals surface area (Å²) < 4.78 is 33.3. The van der Waals surface area contributed by atoms with Crippen molar-refractivity contribution < 1.29 is 42.5 Å². The summed E-state index contributed by atoms with van der Waals surface area (Å²) in [6.45, 7) is -1.59. The van der Waals surface area contributed by atoms with Crippen LogP contribution in [0.4, 0.5) is 0 Å². The molecule has 0 saturated carbocycles. The first-order valence-corrected chi connectivity index (χ1v) is 6.63. The molecule has 1 fully saturated rings. The molecule has 11 heteroatoms. The van der Waals surface area contributed by atoms with Gasteiger partial charge in [0.25, 0.3) is 15.6 Å². The minimum Gasteiger partial charge on any atom is -0.756 e. The molecule has 0 bridgehead atoms. The van der Waals surface area contributed by atoms with Gasteiger partial charge in [-0.2, -0.15) is 0 Å². The number of phosphoric ester groups is 2. The Labute approximate surface area is 84.4 Å². The summed E-state index contributed by atoms with van der Waals surface area (Å²) in [7, 11) is -10.2.